The number of nitrogens with one attached hydrogen (secondary N) is 1. The van der Waals surface area contributed by atoms with Crippen LogP contribution in [0.4, 0.5) is 5.82 Å². The molecule has 0 bridgehead atoms. The molecule has 0 unspecified atom stereocenters. The third kappa shape index (κ3) is 4.51. The minimum Gasteiger partial charge on any atom is -0.306 e. The highest BCUT2D eigenvalue weighted by atomic mass is 32.2. The van der Waals surface area contributed by atoms with Crippen molar-refractivity contribution in [3.05, 3.63) is 70.9 Å². The number of fused-ring (bicyclic) bond motifs is 1. The van der Waals surface area contributed by atoms with Crippen molar-refractivity contribution in [2.24, 2.45) is 0 Å². The van der Waals surface area contributed by atoms with Crippen LogP contribution in [0.3, 0.4) is 0 Å². The Morgan fingerprint density at radius 1 is 0.971 bits per heavy atom. The molecule has 2 aliphatic rings. The van der Waals surface area contributed by atoms with Crippen molar-refractivity contribution in [2.45, 2.75) is 42.6 Å². The molecule has 184 valence electrons. The third-order valence-electron chi connectivity index (χ3n) is 6.43. The molecule has 0 aliphatic carbocycles. The SMILES string of the molecule is Cc1ccccc1-n1nc2c(c1NC(=O)c1ccc(S(=O)(=O)N3CCCCC3)cc1)CS(=O)(=O)C2. The first-order chi connectivity index (χ1) is 16.7. The molecule has 0 radical (unpaired) electrons. The highest BCUT2D eigenvalue weighted by molar-refractivity contribution is 7.90. The first-order valence-electron chi connectivity index (χ1n) is 11.4. The Morgan fingerprint density at radius 3 is 2.34 bits per heavy atom. The smallest absolute Gasteiger partial charge is 0.256 e. The lowest BCUT2D eigenvalue weighted by molar-refractivity contribution is 0.102. The fourth-order valence-electron chi connectivity index (χ4n) is 4.56. The van der Waals surface area contributed by atoms with Crippen LogP contribution < -0.4 is 5.32 Å². The fourth-order valence-corrected chi connectivity index (χ4v) is 7.57. The van der Waals surface area contributed by atoms with Crippen LogP contribution in [0.25, 0.3) is 5.69 Å². The van der Waals surface area contributed by atoms with E-state index in [9.17, 15) is 21.6 Å². The maximum Gasteiger partial charge on any atom is 0.256 e. The average Bonchev–Trinajstić information content (AvgIpc) is 3.32. The Hall–Kier alpha value is -3.02. The van der Waals surface area contributed by atoms with Crippen LogP contribution >= 0.6 is 0 Å². The maximum absolute atomic E-state index is 13.1. The van der Waals surface area contributed by atoms with Crippen LogP contribution in [-0.2, 0) is 31.4 Å². The van der Waals surface area contributed by atoms with Gasteiger partial charge >= 0.3 is 0 Å². The van der Waals surface area contributed by atoms with Gasteiger partial charge in [0, 0.05) is 24.2 Å². The van der Waals surface area contributed by atoms with Crippen LogP contribution in [0.2, 0.25) is 0 Å². The number of aryl methyl sites for hydroxylation is 1. The number of carbonyl (C=O) groups is 1. The van der Waals surface area contributed by atoms with E-state index in [0.717, 1.165) is 30.5 Å². The molecule has 35 heavy (non-hydrogen) atoms. The molecule has 0 atom stereocenters. The van der Waals surface area contributed by atoms with Gasteiger partial charge in [-0.25, -0.2) is 21.5 Å². The molecule has 1 fully saturated rings. The molecule has 1 aromatic heterocycles. The summed E-state index contributed by atoms with van der Waals surface area (Å²) >= 11 is 0. The number of carbonyl (C=O) groups excluding carboxylic acids is 1. The monoisotopic (exact) mass is 514 g/mol. The van der Waals surface area contributed by atoms with Gasteiger partial charge in [-0.1, -0.05) is 24.6 Å². The van der Waals surface area contributed by atoms with Gasteiger partial charge < -0.3 is 5.32 Å². The summed E-state index contributed by atoms with van der Waals surface area (Å²) in [7, 11) is -6.93. The Bertz CT molecular complexity index is 1500. The summed E-state index contributed by atoms with van der Waals surface area (Å²) in [5, 5.41) is 7.33. The highest BCUT2D eigenvalue weighted by Gasteiger charge is 2.33. The summed E-state index contributed by atoms with van der Waals surface area (Å²) in [5.74, 6) is -0.539. The van der Waals surface area contributed by atoms with E-state index in [-0.39, 0.29) is 22.0 Å². The minimum atomic E-state index is -3.60. The van der Waals surface area contributed by atoms with Gasteiger partial charge in [0.25, 0.3) is 5.91 Å². The number of sulfonamides is 1. The van der Waals surface area contributed by atoms with E-state index in [1.807, 2.05) is 31.2 Å². The highest BCUT2D eigenvalue weighted by Crippen LogP contribution is 2.34. The molecule has 2 aliphatic heterocycles. The van der Waals surface area contributed by atoms with E-state index < -0.39 is 25.8 Å². The van der Waals surface area contributed by atoms with E-state index >= 15 is 0 Å². The van der Waals surface area contributed by atoms with Crippen LogP contribution in [0.15, 0.2) is 53.4 Å². The number of hydrogen-bond donors (Lipinski definition) is 1. The number of piperidine rings is 1. The largest absolute Gasteiger partial charge is 0.306 e. The lowest BCUT2D eigenvalue weighted by Gasteiger charge is -2.25. The second-order valence-corrected chi connectivity index (χ2v) is 13.0. The quantitative estimate of drug-likeness (QED) is 0.559. The Kier molecular flexibility index (Phi) is 6.02. The molecule has 1 N–H and O–H groups in total. The van der Waals surface area contributed by atoms with E-state index in [1.165, 1.54) is 28.6 Å². The van der Waals surface area contributed by atoms with Gasteiger partial charge in [-0.2, -0.15) is 9.40 Å². The molecule has 2 aromatic carbocycles. The molecule has 5 rings (SSSR count). The number of benzene rings is 2. The van der Waals surface area contributed by atoms with Crippen LogP contribution in [-0.4, -0.2) is 49.9 Å². The maximum atomic E-state index is 13.1. The summed E-state index contributed by atoms with van der Waals surface area (Å²) in [5.41, 5.74) is 2.81. The molecule has 9 nitrogen and oxygen atoms in total. The Labute approximate surface area is 204 Å². The van der Waals surface area contributed by atoms with E-state index in [1.54, 1.807) is 4.68 Å². The zero-order chi connectivity index (χ0) is 24.8. The van der Waals surface area contributed by atoms with Crippen molar-refractivity contribution in [3.63, 3.8) is 0 Å². The minimum absolute atomic E-state index is 0.146. The summed E-state index contributed by atoms with van der Waals surface area (Å²) in [4.78, 5) is 13.3. The standard InChI is InChI=1S/C24H26N4O5S2/c1-17-7-3-4-8-22(17)28-23(20-15-34(30,31)16-21(20)26-28)25-24(29)18-9-11-19(12-10-18)35(32,33)27-13-5-2-6-14-27/h3-4,7-12H,2,5-6,13-16H2,1H3,(H,25,29). The summed E-state index contributed by atoms with van der Waals surface area (Å²) in [6.07, 6.45) is 2.71. The number of sulfone groups is 1. The number of aromatic nitrogens is 2. The summed E-state index contributed by atoms with van der Waals surface area (Å²) in [6.45, 7) is 2.91. The molecule has 3 heterocycles. The first-order valence-corrected chi connectivity index (χ1v) is 14.7. The molecule has 11 heteroatoms. The van der Waals surface area contributed by atoms with E-state index in [2.05, 4.69) is 10.4 Å². The number of nitrogens with zero attached hydrogens (tertiary/aromatic N) is 3. The average molecular weight is 515 g/mol. The number of para-hydroxylation sites is 1. The molecule has 1 amide bonds. The molecular formula is C24H26N4O5S2. The van der Waals surface area contributed by atoms with E-state index in [0.29, 0.717) is 30.2 Å². The predicted molar refractivity (Wildman–Crippen MR) is 132 cm³/mol. The van der Waals surface area contributed by atoms with Crippen molar-refractivity contribution >= 4 is 31.6 Å². The van der Waals surface area contributed by atoms with Crippen molar-refractivity contribution in [3.8, 4) is 5.69 Å². The van der Waals surface area contributed by atoms with Gasteiger partial charge in [-0.15, -0.1) is 0 Å². The van der Waals surface area contributed by atoms with Crippen LogP contribution in [0.1, 0.15) is 46.4 Å². The van der Waals surface area contributed by atoms with Crippen molar-refractivity contribution in [2.75, 3.05) is 18.4 Å². The van der Waals surface area contributed by atoms with Gasteiger partial charge in [0.2, 0.25) is 10.0 Å². The molecule has 3 aromatic rings. The summed E-state index contributed by atoms with van der Waals surface area (Å²) in [6, 6.07) is 13.3. The van der Waals surface area contributed by atoms with Crippen LogP contribution in [0.5, 0.6) is 0 Å². The second-order valence-electron chi connectivity index (χ2n) is 8.95. The molecule has 1 saturated heterocycles. The van der Waals surface area contributed by atoms with Gasteiger partial charge in [-0.05, 0) is 55.7 Å². The zero-order valence-corrected chi connectivity index (χ0v) is 20.9. The zero-order valence-electron chi connectivity index (χ0n) is 19.3. The second kappa shape index (κ2) is 8.89. The first kappa shape index (κ1) is 23.7. The summed E-state index contributed by atoms with van der Waals surface area (Å²) < 4.78 is 53.3. The van der Waals surface area contributed by atoms with Crippen molar-refractivity contribution < 1.29 is 21.6 Å². The number of anilines is 1. The normalized spacial score (nSPS) is 17.7. The topological polar surface area (TPSA) is 118 Å². The number of hydrogen-bond acceptors (Lipinski definition) is 6. The number of amides is 1. The predicted octanol–water partition coefficient (Wildman–Crippen LogP) is 3.04. The number of rotatable bonds is 5. The molecule has 0 saturated carbocycles. The Morgan fingerprint density at radius 2 is 1.66 bits per heavy atom. The lowest BCUT2D eigenvalue weighted by Crippen LogP contribution is -2.35. The van der Waals surface area contributed by atoms with Crippen molar-refractivity contribution in [1.82, 2.24) is 14.1 Å². The van der Waals surface area contributed by atoms with Crippen LogP contribution in [0, 0.1) is 6.92 Å². The van der Waals surface area contributed by atoms with Crippen molar-refractivity contribution in [1.29, 1.82) is 0 Å². The third-order valence-corrected chi connectivity index (χ3v) is 9.79. The molecule has 0 spiro atoms. The van der Waals surface area contributed by atoms with Gasteiger partial charge in [-0.3, -0.25) is 4.79 Å². The van der Waals surface area contributed by atoms with Gasteiger partial charge in [0.15, 0.2) is 9.84 Å². The lowest BCUT2D eigenvalue weighted by atomic mass is 10.2. The van der Waals surface area contributed by atoms with Gasteiger partial charge in [0.05, 0.1) is 27.8 Å². The Balaban J connectivity index is 1.45. The fraction of sp³-hybridized carbons (Fsp3) is 0.333. The van der Waals surface area contributed by atoms with Gasteiger partial charge in [0.1, 0.15) is 5.82 Å². The van der Waals surface area contributed by atoms with E-state index in [4.69, 9.17) is 0 Å². The molecular weight excluding hydrogens is 488 g/mol.